The highest BCUT2D eigenvalue weighted by atomic mass is 35.5. The second-order valence-electron chi connectivity index (χ2n) is 8.36. The number of para-hydroxylation sites is 3. The molecule has 0 radical (unpaired) electrons. The number of halogens is 1. The largest absolute Gasteiger partial charge is 0.492 e. The molecule has 1 aliphatic rings. The predicted molar refractivity (Wildman–Crippen MR) is 145 cm³/mol. The first-order chi connectivity index (χ1) is 18.3. The van der Waals surface area contributed by atoms with Gasteiger partial charge >= 0.3 is 0 Å². The summed E-state index contributed by atoms with van der Waals surface area (Å²) in [6, 6.07) is 18.9. The van der Waals surface area contributed by atoms with E-state index in [1.807, 2.05) is 0 Å². The summed E-state index contributed by atoms with van der Waals surface area (Å²) >= 11 is 5.97. The first-order valence-electron chi connectivity index (χ1n) is 12.1. The Kier molecular flexibility index (Phi) is 8.88. The SMILES string of the molecule is CCOc1ccccc1N(CC(=O)Nc1ccccc1C(=O)N1CCOCC1)S(=O)(=O)c1ccc(Cl)cc1. The Balaban J connectivity index is 1.65. The highest BCUT2D eigenvalue weighted by Crippen LogP contribution is 2.33. The van der Waals surface area contributed by atoms with E-state index in [-0.39, 0.29) is 22.2 Å². The number of nitrogens with zero attached hydrogens (tertiary/aromatic N) is 2. The van der Waals surface area contributed by atoms with Crippen LogP contribution < -0.4 is 14.4 Å². The molecule has 2 amide bonds. The summed E-state index contributed by atoms with van der Waals surface area (Å²) in [5.74, 6) is -0.559. The summed E-state index contributed by atoms with van der Waals surface area (Å²) in [4.78, 5) is 28.1. The van der Waals surface area contributed by atoms with Crippen molar-refractivity contribution in [3.8, 4) is 5.75 Å². The van der Waals surface area contributed by atoms with E-state index in [2.05, 4.69) is 5.32 Å². The molecule has 9 nitrogen and oxygen atoms in total. The van der Waals surface area contributed by atoms with Gasteiger partial charge in [-0.2, -0.15) is 0 Å². The van der Waals surface area contributed by atoms with Crippen molar-refractivity contribution in [1.29, 1.82) is 0 Å². The molecule has 0 atom stereocenters. The summed E-state index contributed by atoms with van der Waals surface area (Å²) in [7, 11) is -4.20. The summed E-state index contributed by atoms with van der Waals surface area (Å²) in [6.07, 6.45) is 0. The molecule has 0 aliphatic carbocycles. The van der Waals surface area contributed by atoms with Crippen LogP contribution in [0.25, 0.3) is 0 Å². The van der Waals surface area contributed by atoms with Crippen LogP contribution in [-0.4, -0.2) is 64.6 Å². The Morgan fingerprint density at radius 2 is 1.66 bits per heavy atom. The second-order valence-corrected chi connectivity index (χ2v) is 10.7. The third kappa shape index (κ3) is 6.27. The van der Waals surface area contributed by atoms with Crippen LogP contribution in [0.15, 0.2) is 77.7 Å². The lowest BCUT2D eigenvalue weighted by atomic mass is 10.1. The lowest BCUT2D eigenvalue weighted by Crippen LogP contribution is -2.41. The molecule has 11 heteroatoms. The molecule has 3 aromatic rings. The number of hydrogen-bond acceptors (Lipinski definition) is 6. The van der Waals surface area contributed by atoms with E-state index in [0.717, 1.165) is 4.31 Å². The number of anilines is 2. The molecule has 4 rings (SSSR count). The zero-order chi connectivity index (χ0) is 27.1. The van der Waals surface area contributed by atoms with Gasteiger partial charge in [-0.3, -0.25) is 13.9 Å². The highest BCUT2D eigenvalue weighted by molar-refractivity contribution is 7.92. The van der Waals surface area contributed by atoms with Crippen LogP contribution in [0.5, 0.6) is 5.75 Å². The van der Waals surface area contributed by atoms with Crippen LogP contribution >= 0.6 is 11.6 Å². The van der Waals surface area contributed by atoms with Crippen molar-refractivity contribution in [2.75, 3.05) is 49.1 Å². The zero-order valence-corrected chi connectivity index (χ0v) is 22.4. The normalized spacial score (nSPS) is 13.6. The van der Waals surface area contributed by atoms with Gasteiger partial charge in [-0.05, 0) is 55.5 Å². The fourth-order valence-corrected chi connectivity index (χ4v) is 5.57. The van der Waals surface area contributed by atoms with Crippen LogP contribution in [-0.2, 0) is 19.6 Å². The Morgan fingerprint density at radius 3 is 2.37 bits per heavy atom. The van der Waals surface area contributed by atoms with Crippen LogP contribution in [0, 0.1) is 0 Å². The minimum absolute atomic E-state index is 0.0381. The summed E-state index contributed by atoms with van der Waals surface area (Å²) in [6.45, 7) is 3.30. The van der Waals surface area contributed by atoms with Crippen molar-refractivity contribution in [3.63, 3.8) is 0 Å². The van der Waals surface area contributed by atoms with Gasteiger partial charge in [-0.15, -0.1) is 0 Å². The quantitative estimate of drug-likeness (QED) is 0.426. The van der Waals surface area contributed by atoms with E-state index >= 15 is 0 Å². The van der Waals surface area contributed by atoms with Gasteiger partial charge in [0.1, 0.15) is 12.3 Å². The highest BCUT2D eigenvalue weighted by Gasteiger charge is 2.30. The van der Waals surface area contributed by atoms with E-state index in [1.165, 1.54) is 24.3 Å². The number of rotatable bonds is 9. The molecule has 200 valence electrons. The van der Waals surface area contributed by atoms with Crippen molar-refractivity contribution in [2.45, 2.75) is 11.8 Å². The third-order valence-electron chi connectivity index (χ3n) is 5.85. The van der Waals surface area contributed by atoms with E-state index in [4.69, 9.17) is 21.1 Å². The molecule has 0 aromatic heterocycles. The molecule has 1 heterocycles. The number of hydrogen-bond donors (Lipinski definition) is 1. The smallest absolute Gasteiger partial charge is 0.264 e. The van der Waals surface area contributed by atoms with Gasteiger partial charge in [0.05, 0.1) is 41.7 Å². The summed E-state index contributed by atoms with van der Waals surface area (Å²) in [5.41, 5.74) is 0.803. The maximum Gasteiger partial charge on any atom is 0.264 e. The monoisotopic (exact) mass is 557 g/mol. The van der Waals surface area contributed by atoms with Gasteiger partial charge < -0.3 is 19.7 Å². The van der Waals surface area contributed by atoms with Crippen molar-refractivity contribution in [1.82, 2.24) is 4.90 Å². The topological polar surface area (TPSA) is 105 Å². The number of morpholine rings is 1. The Bertz CT molecular complexity index is 1390. The van der Waals surface area contributed by atoms with Gasteiger partial charge in [0.15, 0.2) is 0 Å². The average Bonchev–Trinajstić information content (AvgIpc) is 2.93. The summed E-state index contributed by atoms with van der Waals surface area (Å²) < 4.78 is 39.5. The van der Waals surface area contributed by atoms with Crippen LogP contribution in [0.1, 0.15) is 17.3 Å². The molecule has 0 saturated carbocycles. The van der Waals surface area contributed by atoms with Gasteiger partial charge in [0.2, 0.25) is 5.91 Å². The fourth-order valence-electron chi connectivity index (χ4n) is 4.01. The number of carbonyl (C=O) groups excluding carboxylic acids is 2. The predicted octanol–water partition coefficient (Wildman–Crippen LogP) is 4.05. The molecule has 38 heavy (non-hydrogen) atoms. The Morgan fingerprint density at radius 1 is 1.00 bits per heavy atom. The van der Waals surface area contributed by atoms with Gasteiger partial charge in [-0.25, -0.2) is 8.42 Å². The standard InChI is InChI=1S/C27H28ClN3O6S/c1-2-37-25-10-6-5-9-24(25)31(38(34,35)21-13-11-20(28)12-14-21)19-26(32)29-23-8-4-3-7-22(23)27(33)30-15-17-36-18-16-30/h3-14H,2,15-19H2,1H3,(H,29,32). The maximum absolute atomic E-state index is 13.7. The first-order valence-corrected chi connectivity index (χ1v) is 13.9. The van der Waals surface area contributed by atoms with Crippen molar-refractivity contribution in [2.24, 2.45) is 0 Å². The Labute approximate surface area is 227 Å². The van der Waals surface area contributed by atoms with Crippen molar-refractivity contribution < 1.29 is 27.5 Å². The second kappa shape index (κ2) is 12.3. The molecular weight excluding hydrogens is 530 g/mol. The fraction of sp³-hybridized carbons (Fsp3) is 0.259. The van der Waals surface area contributed by atoms with Gasteiger partial charge in [0, 0.05) is 18.1 Å². The zero-order valence-electron chi connectivity index (χ0n) is 20.8. The van der Waals surface area contributed by atoms with Crippen LogP contribution in [0.3, 0.4) is 0 Å². The van der Waals surface area contributed by atoms with Crippen molar-refractivity contribution >= 4 is 44.8 Å². The molecule has 3 aromatic carbocycles. The first kappa shape index (κ1) is 27.4. The lowest BCUT2D eigenvalue weighted by molar-refractivity contribution is -0.114. The molecule has 1 N–H and O–H groups in total. The van der Waals surface area contributed by atoms with E-state index in [9.17, 15) is 18.0 Å². The average molecular weight is 558 g/mol. The molecule has 1 fully saturated rings. The number of carbonyl (C=O) groups is 2. The maximum atomic E-state index is 13.7. The number of amides is 2. The number of ether oxygens (including phenoxy) is 2. The van der Waals surface area contributed by atoms with Crippen LogP contribution in [0.2, 0.25) is 5.02 Å². The molecule has 1 saturated heterocycles. The lowest BCUT2D eigenvalue weighted by Gasteiger charge is -2.28. The minimum atomic E-state index is -4.20. The molecule has 0 bridgehead atoms. The number of benzene rings is 3. The van der Waals surface area contributed by atoms with Crippen molar-refractivity contribution in [3.05, 3.63) is 83.4 Å². The molecular formula is C27H28ClN3O6S. The Hall–Kier alpha value is -3.60. The van der Waals surface area contributed by atoms with Gasteiger partial charge in [-0.1, -0.05) is 35.9 Å². The minimum Gasteiger partial charge on any atom is -0.492 e. The van der Waals surface area contributed by atoms with E-state index < -0.39 is 22.5 Å². The summed E-state index contributed by atoms with van der Waals surface area (Å²) in [5, 5.41) is 3.11. The molecule has 0 spiro atoms. The molecule has 1 aliphatic heterocycles. The number of nitrogens with one attached hydrogen (secondary N) is 1. The third-order valence-corrected chi connectivity index (χ3v) is 7.88. The number of sulfonamides is 1. The van der Waals surface area contributed by atoms with Crippen LogP contribution in [0.4, 0.5) is 11.4 Å². The van der Waals surface area contributed by atoms with E-state index in [0.29, 0.717) is 49.2 Å². The van der Waals surface area contributed by atoms with E-state index in [1.54, 1.807) is 60.4 Å². The van der Waals surface area contributed by atoms with Gasteiger partial charge in [0.25, 0.3) is 15.9 Å². The molecule has 0 unspecified atom stereocenters.